The van der Waals surface area contributed by atoms with Crippen LogP contribution >= 0.6 is 0 Å². The fraction of sp³-hybridized carbons (Fsp3) is 0.385. The molecule has 1 aliphatic rings. The van der Waals surface area contributed by atoms with Gasteiger partial charge in [0.1, 0.15) is 12.2 Å². The summed E-state index contributed by atoms with van der Waals surface area (Å²) < 4.78 is 36.9. The van der Waals surface area contributed by atoms with Crippen LogP contribution in [0.2, 0.25) is 25.7 Å². The monoisotopic (exact) mass is 549 g/mol. The Morgan fingerprint density at radius 2 is 1.84 bits per heavy atom. The van der Waals surface area contributed by atoms with Gasteiger partial charge in [-0.1, -0.05) is 31.8 Å². The van der Waals surface area contributed by atoms with Gasteiger partial charge in [-0.2, -0.15) is 14.7 Å². The van der Waals surface area contributed by atoms with Crippen LogP contribution in [0.25, 0.3) is 33.5 Å². The van der Waals surface area contributed by atoms with E-state index in [9.17, 15) is 8.42 Å². The number of ether oxygens (including phenoxy) is 1. The highest BCUT2D eigenvalue weighted by Crippen LogP contribution is 2.32. The van der Waals surface area contributed by atoms with Crippen molar-refractivity contribution in [1.82, 2.24) is 28.6 Å². The quantitative estimate of drug-likeness (QED) is 0.229. The number of aromatic nitrogens is 5. The van der Waals surface area contributed by atoms with E-state index in [1.165, 1.54) is 4.31 Å². The van der Waals surface area contributed by atoms with Crippen molar-refractivity contribution in [2.75, 3.05) is 19.7 Å². The van der Waals surface area contributed by atoms with Crippen LogP contribution in [0.4, 0.5) is 0 Å². The molecule has 4 aromatic rings. The third-order valence-electron chi connectivity index (χ3n) is 6.63. The molecule has 0 saturated carbocycles. The standard InChI is InChI=1S/C26H31N7O3SSi/c1-31-16-21(12-29-31)24-13-28-26-25(30-24)23(17-32(26)18-36-9-10-38(2,3)4)20-5-7-22(8-6-20)37(34,35)33-14-19(11-27)15-33/h5-8,12-13,16-17,19H,9-10,14-15,18H2,1-4H3. The first kappa shape index (κ1) is 26.2. The first-order valence-electron chi connectivity index (χ1n) is 12.5. The van der Waals surface area contributed by atoms with E-state index in [0.717, 1.165) is 22.7 Å². The van der Waals surface area contributed by atoms with Crippen LogP contribution in [0.3, 0.4) is 0 Å². The van der Waals surface area contributed by atoms with Crippen molar-refractivity contribution in [2.45, 2.75) is 37.3 Å². The van der Waals surface area contributed by atoms with Gasteiger partial charge in [0.2, 0.25) is 10.0 Å². The summed E-state index contributed by atoms with van der Waals surface area (Å²) in [6.07, 6.45) is 7.33. The van der Waals surface area contributed by atoms with Gasteiger partial charge in [0.05, 0.1) is 35.0 Å². The Bertz CT molecular complexity index is 1610. The number of nitriles is 1. The van der Waals surface area contributed by atoms with Crippen LogP contribution in [0, 0.1) is 17.2 Å². The summed E-state index contributed by atoms with van der Waals surface area (Å²) in [5.74, 6) is -0.240. The number of hydrogen-bond acceptors (Lipinski definition) is 7. The number of rotatable bonds is 9. The Morgan fingerprint density at radius 3 is 2.47 bits per heavy atom. The Balaban J connectivity index is 1.48. The molecule has 1 saturated heterocycles. The molecule has 12 heteroatoms. The summed E-state index contributed by atoms with van der Waals surface area (Å²) in [5, 5.41) is 13.2. The lowest BCUT2D eigenvalue weighted by Crippen LogP contribution is -2.49. The van der Waals surface area contributed by atoms with Crippen LogP contribution in [-0.2, 0) is 28.5 Å². The van der Waals surface area contributed by atoms with E-state index in [4.69, 9.17) is 20.0 Å². The van der Waals surface area contributed by atoms with E-state index in [1.54, 1.807) is 41.3 Å². The summed E-state index contributed by atoms with van der Waals surface area (Å²) in [5.41, 5.74) is 4.62. The maximum Gasteiger partial charge on any atom is 0.243 e. The molecule has 0 bridgehead atoms. The van der Waals surface area contributed by atoms with Crippen LogP contribution in [0.15, 0.2) is 53.9 Å². The molecule has 0 aliphatic carbocycles. The molecule has 0 N–H and O–H groups in total. The Morgan fingerprint density at radius 1 is 1.11 bits per heavy atom. The maximum absolute atomic E-state index is 12.9. The highest BCUT2D eigenvalue weighted by molar-refractivity contribution is 7.89. The molecular weight excluding hydrogens is 518 g/mol. The smallest absolute Gasteiger partial charge is 0.243 e. The van der Waals surface area contributed by atoms with E-state index in [0.29, 0.717) is 30.2 Å². The molecular formula is C26H31N7O3SSi. The number of hydrogen-bond donors (Lipinski definition) is 0. The SMILES string of the molecule is Cn1cc(-c2cnc3c(n2)c(-c2ccc(S(=O)(=O)N4CC(C#N)C4)cc2)cn3COCC[Si](C)(C)C)cn1. The lowest BCUT2D eigenvalue weighted by Gasteiger charge is -2.33. The molecule has 1 fully saturated rings. The van der Waals surface area contributed by atoms with E-state index in [-0.39, 0.29) is 23.9 Å². The molecule has 0 spiro atoms. The zero-order chi connectivity index (χ0) is 27.1. The van der Waals surface area contributed by atoms with Crippen molar-refractivity contribution in [3.8, 4) is 28.5 Å². The normalized spacial score (nSPS) is 15.0. The van der Waals surface area contributed by atoms with Gasteiger partial charge in [-0.05, 0) is 23.7 Å². The number of aryl methyl sites for hydroxylation is 1. The van der Waals surface area contributed by atoms with Gasteiger partial charge < -0.3 is 9.30 Å². The maximum atomic E-state index is 12.9. The van der Waals surface area contributed by atoms with E-state index < -0.39 is 18.1 Å². The third kappa shape index (κ3) is 5.28. The minimum atomic E-state index is -3.63. The van der Waals surface area contributed by atoms with Crippen LogP contribution in [0.5, 0.6) is 0 Å². The van der Waals surface area contributed by atoms with Crippen molar-refractivity contribution >= 4 is 29.3 Å². The molecule has 38 heavy (non-hydrogen) atoms. The molecule has 3 aromatic heterocycles. The fourth-order valence-corrected chi connectivity index (χ4v) is 6.55. The molecule has 1 aromatic carbocycles. The average Bonchev–Trinajstić information content (AvgIpc) is 3.44. The zero-order valence-corrected chi connectivity index (χ0v) is 23.8. The van der Waals surface area contributed by atoms with Crippen molar-refractivity contribution in [2.24, 2.45) is 13.0 Å². The van der Waals surface area contributed by atoms with Crippen LogP contribution in [0.1, 0.15) is 0 Å². The Hall–Kier alpha value is -3.37. The van der Waals surface area contributed by atoms with Gasteiger partial charge in [0.15, 0.2) is 5.65 Å². The molecule has 4 heterocycles. The minimum absolute atomic E-state index is 0.207. The predicted molar refractivity (Wildman–Crippen MR) is 147 cm³/mol. The van der Waals surface area contributed by atoms with Gasteiger partial charge >= 0.3 is 0 Å². The lowest BCUT2D eigenvalue weighted by atomic mass is 10.1. The van der Waals surface area contributed by atoms with Gasteiger partial charge in [0, 0.05) is 58.3 Å². The highest BCUT2D eigenvalue weighted by Gasteiger charge is 2.36. The molecule has 1 aliphatic heterocycles. The zero-order valence-electron chi connectivity index (χ0n) is 22.0. The van der Waals surface area contributed by atoms with Gasteiger partial charge in [0.25, 0.3) is 0 Å². The van der Waals surface area contributed by atoms with E-state index in [2.05, 4.69) is 30.8 Å². The van der Waals surface area contributed by atoms with Crippen molar-refractivity contribution in [3.05, 3.63) is 49.1 Å². The minimum Gasteiger partial charge on any atom is -0.361 e. The average molecular weight is 550 g/mol. The fourth-order valence-electron chi connectivity index (χ4n) is 4.27. The molecule has 0 atom stereocenters. The third-order valence-corrected chi connectivity index (χ3v) is 10.2. The van der Waals surface area contributed by atoms with Gasteiger partial charge in [-0.25, -0.2) is 18.4 Å². The van der Waals surface area contributed by atoms with Crippen molar-refractivity contribution in [1.29, 1.82) is 5.26 Å². The summed E-state index contributed by atoms with van der Waals surface area (Å²) in [7, 11) is -2.99. The Labute approximate surface area is 223 Å². The largest absolute Gasteiger partial charge is 0.361 e. The molecule has 0 radical (unpaired) electrons. The lowest BCUT2D eigenvalue weighted by molar-refractivity contribution is 0.0899. The van der Waals surface area contributed by atoms with E-state index >= 15 is 0 Å². The molecule has 5 rings (SSSR count). The van der Waals surface area contributed by atoms with Gasteiger partial charge in [-0.15, -0.1) is 0 Å². The van der Waals surface area contributed by atoms with Gasteiger partial charge in [-0.3, -0.25) is 4.68 Å². The van der Waals surface area contributed by atoms with E-state index in [1.807, 2.05) is 24.0 Å². The number of benzene rings is 1. The number of nitrogens with zero attached hydrogens (tertiary/aromatic N) is 7. The topological polar surface area (TPSA) is 119 Å². The highest BCUT2D eigenvalue weighted by atomic mass is 32.2. The second-order valence-electron chi connectivity index (χ2n) is 10.9. The summed E-state index contributed by atoms with van der Waals surface area (Å²) in [4.78, 5) is 9.84. The summed E-state index contributed by atoms with van der Waals surface area (Å²) in [6.45, 7) is 8.46. The molecule has 10 nitrogen and oxygen atoms in total. The van der Waals surface area contributed by atoms with Crippen molar-refractivity contribution < 1.29 is 13.2 Å². The number of fused-ring (bicyclic) bond motifs is 1. The first-order chi connectivity index (χ1) is 18.0. The Kier molecular flexibility index (Phi) is 6.95. The molecule has 198 valence electrons. The van der Waals surface area contributed by atoms with Crippen LogP contribution in [-0.4, -0.2) is 64.8 Å². The summed E-state index contributed by atoms with van der Waals surface area (Å²) >= 11 is 0. The second-order valence-corrected chi connectivity index (χ2v) is 18.4. The van der Waals surface area contributed by atoms with Crippen LogP contribution < -0.4 is 0 Å². The molecule has 0 unspecified atom stereocenters. The second kappa shape index (κ2) is 10.1. The summed E-state index contributed by atoms with van der Waals surface area (Å²) in [6, 6.07) is 9.98. The van der Waals surface area contributed by atoms with Crippen molar-refractivity contribution in [3.63, 3.8) is 0 Å². The first-order valence-corrected chi connectivity index (χ1v) is 17.6. The molecule has 0 amide bonds. The predicted octanol–water partition coefficient (Wildman–Crippen LogP) is 3.96. The number of sulfonamides is 1.